The van der Waals surface area contributed by atoms with Gasteiger partial charge >= 0.3 is 11.9 Å². The van der Waals surface area contributed by atoms with E-state index < -0.39 is 46.5 Å². The van der Waals surface area contributed by atoms with Gasteiger partial charge in [-0.25, -0.2) is 0 Å². The summed E-state index contributed by atoms with van der Waals surface area (Å²) in [5.41, 5.74) is 0. The average molecular weight is 314 g/mol. The van der Waals surface area contributed by atoms with Gasteiger partial charge in [0.1, 0.15) is 12.3 Å². The minimum absolute atomic E-state index is 0.102. The van der Waals surface area contributed by atoms with E-state index in [0.717, 1.165) is 0 Å². The summed E-state index contributed by atoms with van der Waals surface area (Å²) in [4.78, 5) is 21.1. The van der Waals surface area contributed by atoms with Crippen LogP contribution >= 0.6 is 0 Å². The summed E-state index contributed by atoms with van der Waals surface area (Å²) in [7, 11) is -4.03. The lowest BCUT2D eigenvalue weighted by molar-refractivity contribution is -0.146. The van der Waals surface area contributed by atoms with E-state index in [4.69, 9.17) is 14.8 Å². The summed E-state index contributed by atoms with van der Waals surface area (Å²) >= 11 is 0. The van der Waals surface area contributed by atoms with Crippen LogP contribution in [0, 0.1) is 0 Å². The van der Waals surface area contributed by atoms with E-state index in [-0.39, 0.29) is 19.5 Å². The molecule has 0 radical (unpaired) electrons. The van der Waals surface area contributed by atoms with Gasteiger partial charge in [-0.05, 0) is 13.0 Å². The van der Waals surface area contributed by atoms with Crippen molar-refractivity contribution in [3.63, 3.8) is 0 Å². The van der Waals surface area contributed by atoms with Crippen LogP contribution in [-0.4, -0.2) is 71.3 Å². The zero-order chi connectivity index (χ0) is 15.8. The zero-order valence-electron chi connectivity index (χ0n) is 10.5. The second kappa shape index (κ2) is 8.81. The van der Waals surface area contributed by atoms with Crippen LogP contribution in [0.25, 0.3) is 0 Å². The van der Waals surface area contributed by atoms with Crippen LogP contribution in [0.2, 0.25) is 0 Å². The Labute approximate surface area is 115 Å². The van der Waals surface area contributed by atoms with E-state index in [2.05, 4.69) is 10.6 Å². The minimum Gasteiger partial charge on any atom is -0.481 e. The molecule has 0 saturated carbocycles. The Hall–Kier alpha value is -1.27. The number of carboxylic acids is 2. The Morgan fingerprint density at radius 1 is 1.20 bits per heavy atom. The molecule has 20 heavy (non-hydrogen) atoms. The van der Waals surface area contributed by atoms with Crippen molar-refractivity contribution in [2.45, 2.75) is 25.1 Å². The highest BCUT2D eigenvalue weighted by atomic mass is 32.2. The number of carboxylic acid groups (broad SMARTS) is 2. The molecule has 6 N–H and O–H groups in total. The van der Waals surface area contributed by atoms with Crippen molar-refractivity contribution in [1.29, 1.82) is 0 Å². The third kappa shape index (κ3) is 10.6. The Balaban J connectivity index is 3.93. The largest absolute Gasteiger partial charge is 0.481 e. The number of hydrogen-bond acceptors (Lipinski definition) is 7. The smallest absolute Gasteiger partial charge is 0.321 e. The lowest BCUT2D eigenvalue weighted by Gasteiger charge is -2.18. The van der Waals surface area contributed by atoms with Crippen LogP contribution in [0.1, 0.15) is 12.8 Å². The quantitative estimate of drug-likeness (QED) is 0.138. The first kappa shape index (κ1) is 18.7. The van der Waals surface area contributed by atoms with Gasteiger partial charge in [-0.15, -0.1) is 0 Å². The molecule has 0 aliphatic carbocycles. The SMILES string of the molecule is O=C(O)CC(NC(O)CNCCCS(=O)(=O)O)C(=O)O. The van der Waals surface area contributed by atoms with E-state index in [0.29, 0.717) is 0 Å². The molecule has 0 heterocycles. The topological polar surface area (TPSA) is 173 Å². The molecule has 0 saturated heterocycles. The van der Waals surface area contributed by atoms with E-state index in [1.165, 1.54) is 0 Å². The Morgan fingerprint density at radius 2 is 1.80 bits per heavy atom. The number of carbonyl (C=O) groups is 2. The number of aliphatic hydroxyl groups is 1. The fourth-order valence-electron chi connectivity index (χ4n) is 1.30. The van der Waals surface area contributed by atoms with Crippen molar-refractivity contribution in [3.05, 3.63) is 0 Å². The third-order valence-electron chi connectivity index (χ3n) is 2.16. The maximum atomic E-state index is 10.7. The van der Waals surface area contributed by atoms with Crippen LogP contribution in [0.5, 0.6) is 0 Å². The number of aliphatic carboxylic acids is 2. The molecular formula is C9H18N2O8S. The predicted molar refractivity (Wildman–Crippen MR) is 66.7 cm³/mol. The molecule has 0 amide bonds. The minimum atomic E-state index is -4.03. The van der Waals surface area contributed by atoms with Crippen molar-refractivity contribution in [3.8, 4) is 0 Å². The third-order valence-corrected chi connectivity index (χ3v) is 2.97. The van der Waals surface area contributed by atoms with Crippen LogP contribution in [-0.2, 0) is 19.7 Å². The normalized spacial score (nSPS) is 14.7. The summed E-state index contributed by atoms with van der Waals surface area (Å²) in [5, 5.41) is 31.5. The molecule has 0 fully saturated rings. The molecule has 11 heteroatoms. The number of hydrogen-bond donors (Lipinski definition) is 6. The van der Waals surface area contributed by atoms with E-state index in [9.17, 15) is 23.1 Å². The van der Waals surface area contributed by atoms with Gasteiger partial charge in [-0.3, -0.25) is 19.5 Å². The van der Waals surface area contributed by atoms with Gasteiger partial charge < -0.3 is 20.6 Å². The molecule has 0 rings (SSSR count). The van der Waals surface area contributed by atoms with Crippen LogP contribution in [0.3, 0.4) is 0 Å². The summed E-state index contributed by atoms with van der Waals surface area (Å²) < 4.78 is 29.2. The molecule has 0 aliphatic heterocycles. The monoisotopic (exact) mass is 314 g/mol. The predicted octanol–water partition coefficient (Wildman–Crippen LogP) is -2.31. The molecule has 10 nitrogen and oxygen atoms in total. The fourth-order valence-corrected chi connectivity index (χ4v) is 1.81. The maximum Gasteiger partial charge on any atom is 0.321 e. The number of nitrogens with one attached hydrogen (secondary N) is 2. The van der Waals surface area contributed by atoms with E-state index in [1.807, 2.05) is 0 Å². The highest BCUT2D eigenvalue weighted by Gasteiger charge is 2.23. The molecule has 0 bridgehead atoms. The van der Waals surface area contributed by atoms with Crippen molar-refractivity contribution in [1.82, 2.24) is 10.6 Å². The van der Waals surface area contributed by atoms with Crippen molar-refractivity contribution < 1.29 is 37.9 Å². The lowest BCUT2D eigenvalue weighted by atomic mass is 10.2. The second-order valence-electron chi connectivity index (χ2n) is 4.01. The molecule has 0 aromatic heterocycles. The maximum absolute atomic E-state index is 10.7. The molecule has 0 aromatic carbocycles. The molecule has 118 valence electrons. The fraction of sp³-hybridized carbons (Fsp3) is 0.778. The highest BCUT2D eigenvalue weighted by molar-refractivity contribution is 7.85. The van der Waals surface area contributed by atoms with E-state index >= 15 is 0 Å². The molecule has 2 unspecified atom stereocenters. The standard InChI is InChI=1S/C9H18N2O8S/c12-7(5-10-2-1-3-20(17,18)19)11-6(9(15)16)4-8(13)14/h6-7,10-12H,1-5H2,(H,13,14)(H,15,16)(H,17,18,19). The first-order valence-electron chi connectivity index (χ1n) is 5.66. The van der Waals surface area contributed by atoms with Gasteiger partial charge in [0.15, 0.2) is 0 Å². The van der Waals surface area contributed by atoms with E-state index in [1.54, 1.807) is 0 Å². The molecule has 0 aliphatic rings. The van der Waals surface area contributed by atoms with Crippen LogP contribution < -0.4 is 10.6 Å². The molecule has 0 aromatic rings. The number of aliphatic hydroxyl groups excluding tert-OH is 1. The summed E-state index contributed by atoms with van der Waals surface area (Å²) in [5.74, 6) is -3.16. The van der Waals surface area contributed by atoms with Gasteiger partial charge in [0.05, 0.1) is 12.2 Å². The highest BCUT2D eigenvalue weighted by Crippen LogP contribution is 1.94. The lowest BCUT2D eigenvalue weighted by Crippen LogP contribution is -2.48. The Kier molecular flexibility index (Phi) is 8.25. The average Bonchev–Trinajstić information content (AvgIpc) is 2.25. The van der Waals surface area contributed by atoms with Crippen LogP contribution in [0.15, 0.2) is 0 Å². The molecule has 0 spiro atoms. The Morgan fingerprint density at radius 3 is 2.25 bits per heavy atom. The van der Waals surface area contributed by atoms with Gasteiger partial charge in [-0.2, -0.15) is 8.42 Å². The van der Waals surface area contributed by atoms with Crippen molar-refractivity contribution >= 4 is 22.1 Å². The van der Waals surface area contributed by atoms with Gasteiger partial charge in [-0.1, -0.05) is 0 Å². The number of rotatable bonds is 11. The zero-order valence-corrected chi connectivity index (χ0v) is 11.3. The van der Waals surface area contributed by atoms with Gasteiger partial charge in [0.25, 0.3) is 10.1 Å². The first-order valence-corrected chi connectivity index (χ1v) is 7.27. The van der Waals surface area contributed by atoms with Crippen molar-refractivity contribution in [2.24, 2.45) is 0 Å². The Bertz CT molecular complexity index is 424. The van der Waals surface area contributed by atoms with Gasteiger partial charge in [0.2, 0.25) is 0 Å². The molecular weight excluding hydrogens is 296 g/mol. The summed E-state index contributed by atoms with van der Waals surface area (Å²) in [6, 6.07) is -1.43. The van der Waals surface area contributed by atoms with Crippen molar-refractivity contribution in [2.75, 3.05) is 18.8 Å². The van der Waals surface area contributed by atoms with Crippen LogP contribution in [0.4, 0.5) is 0 Å². The summed E-state index contributed by atoms with van der Waals surface area (Å²) in [6.45, 7) is 0.0735. The first-order chi connectivity index (χ1) is 9.11. The summed E-state index contributed by atoms with van der Waals surface area (Å²) in [6.07, 6.45) is -1.88. The molecule has 2 atom stereocenters. The second-order valence-corrected chi connectivity index (χ2v) is 5.59. The van der Waals surface area contributed by atoms with Gasteiger partial charge in [0, 0.05) is 6.54 Å².